The van der Waals surface area contributed by atoms with Crippen LogP contribution >= 0.6 is 0 Å². The SMILES string of the molecule is CC(=O)NC1C(CC(=O)CCOCCOCCCC(=O)CCOCC(COCCC(=O)CCCOCCOCCC(=O)CC2OC(CO)C(O)C(O)C2NC(C)=O)(COCCC(=O)NCCOCCOCCC(=O)CC2OC(CO)C(O)C(O)C2NC(C)=O)NC(=O)CC(=O)NCCOCCOCCOCCN=[N+]=[N-])OC(CO)C(O)C1O. The van der Waals surface area contributed by atoms with Gasteiger partial charge in [-0.25, -0.2) is 0 Å². The Morgan fingerprint density at radius 3 is 0.983 bits per heavy atom. The molecule has 0 spiro atoms. The highest BCUT2D eigenvalue weighted by molar-refractivity contribution is 5.97. The van der Waals surface area contributed by atoms with Crippen molar-refractivity contribution in [2.45, 2.75) is 208 Å². The van der Waals surface area contributed by atoms with E-state index in [-0.39, 0.29) is 278 Å². The van der Waals surface area contributed by atoms with Crippen LogP contribution in [0.3, 0.4) is 0 Å². The van der Waals surface area contributed by atoms with Gasteiger partial charge in [0, 0.05) is 129 Å². The quantitative estimate of drug-likeness (QED) is 0.00886. The van der Waals surface area contributed by atoms with Gasteiger partial charge in [-0.05, 0) is 18.4 Å². The summed E-state index contributed by atoms with van der Waals surface area (Å²) in [5, 5.41) is 110. The fraction of sp³-hybridized carbons (Fsp3) is 0.851. The molecule has 0 aromatic carbocycles. The van der Waals surface area contributed by atoms with E-state index in [1.165, 1.54) is 20.8 Å². The van der Waals surface area contributed by atoms with Crippen LogP contribution in [-0.4, -0.2) is 405 Å². The van der Waals surface area contributed by atoms with E-state index in [0.717, 1.165) is 0 Å². The molecule has 0 aromatic rings. The topological polar surface area (TPSA) is 629 Å². The lowest BCUT2D eigenvalue weighted by Crippen LogP contribution is -2.64. The van der Waals surface area contributed by atoms with Crippen molar-refractivity contribution < 1.29 is 170 Å². The molecule has 15 unspecified atom stereocenters. The number of Topliss-reactive ketones (excluding diaryl/α,β-unsaturated/α-hetero) is 5. The van der Waals surface area contributed by atoms with Crippen molar-refractivity contribution in [2.75, 3.05) is 198 Å². The summed E-state index contributed by atoms with van der Waals surface area (Å²) < 4.78 is 84.6. The molecule has 0 bridgehead atoms. The molecule has 0 aromatic heterocycles. The molecule has 44 nitrogen and oxygen atoms in total. The zero-order valence-corrected chi connectivity index (χ0v) is 67.8. The second-order valence-electron chi connectivity index (χ2n) is 28.2. The first-order valence-electron chi connectivity index (χ1n) is 39.7. The van der Waals surface area contributed by atoms with Crippen LogP contribution in [0.4, 0.5) is 0 Å². The van der Waals surface area contributed by atoms with Crippen LogP contribution < -0.4 is 31.9 Å². The Balaban J connectivity index is 1.58. The van der Waals surface area contributed by atoms with E-state index < -0.39 is 159 Å². The molecule has 15 N–H and O–H groups in total. The van der Waals surface area contributed by atoms with E-state index >= 15 is 0 Å². The van der Waals surface area contributed by atoms with Crippen molar-refractivity contribution in [3.8, 4) is 0 Å². The molecule has 3 heterocycles. The maximum atomic E-state index is 13.9. The monoisotopic (exact) mass is 1700 g/mol. The average molecular weight is 1700 g/mol. The zero-order chi connectivity index (χ0) is 86.9. The summed E-state index contributed by atoms with van der Waals surface area (Å²) in [6.07, 6.45) is -16.6. The Morgan fingerprint density at radius 1 is 0.347 bits per heavy atom. The van der Waals surface area contributed by atoms with E-state index in [4.69, 9.17) is 76.6 Å². The molecule has 15 atom stereocenters. The first-order valence-corrected chi connectivity index (χ1v) is 39.7. The van der Waals surface area contributed by atoms with Gasteiger partial charge in [0.25, 0.3) is 0 Å². The van der Waals surface area contributed by atoms with E-state index in [2.05, 4.69) is 41.9 Å². The number of aliphatic hydroxyl groups excluding tert-OH is 9. The van der Waals surface area contributed by atoms with Crippen LogP contribution in [0.2, 0.25) is 0 Å². The first-order chi connectivity index (χ1) is 56.7. The second-order valence-corrected chi connectivity index (χ2v) is 28.2. The van der Waals surface area contributed by atoms with Crippen LogP contribution in [0.1, 0.15) is 111 Å². The number of nitrogens with zero attached hydrogens (tertiary/aromatic N) is 3. The average Bonchev–Trinajstić information content (AvgIpc) is 0.815. The Bertz CT molecular complexity index is 2720. The fourth-order valence-corrected chi connectivity index (χ4v) is 12.3. The number of azide groups is 1. The van der Waals surface area contributed by atoms with E-state index in [0.29, 0.717) is 12.8 Å². The number of nitrogens with one attached hydrogen (secondary N) is 6. The van der Waals surface area contributed by atoms with Crippen LogP contribution in [0, 0.1) is 0 Å². The van der Waals surface area contributed by atoms with Crippen molar-refractivity contribution in [1.82, 2.24) is 31.9 Å². The highest BCUT2D eigenvalue weighted by atomic mass is 16.6. The predicted molar refractivity (Wildman–Crippen MR) is 407 cm³/mol. The summed E-state index contributed by atoms with van der Waals surface area (Å²) in [5.74, 6) is -4.89. The summed E-state index contributed by atoms with van der Waals surface area (Å²) in [6.45, 7) is 2.64. The number of carbonyl (C=O) groups excluding carboxylic acids is 11. The number of hydrogen-bond acceptors (Lipinski definition) is 36. The summed E-state index contributed by atoms with van der Waals surface area (Å²) in [4.78, 5) is 143. The molecule has 44 heteroatoms. The third-order valence-corrected chi connectivity index (χ3v) is 18.3. The van der Waals surface area contributed by atoms with Gasteiger partial charge in [0.1, 0.15) is 95.8 Å². The molecule has 3 rings (SSSR count). The largest absolute Gasteiger partial charge is 0.394 e. The molecule has 3 aliphatic heterocycles. The highest BCUT2D eigenvalue weighted by Crippen LogP contribution is 2.27. The summed E-state index contributed by atoms with van der Waals surface area (Å²) in [5.41, 5.74) is 6.76. The summed E-state index contributed by atoms with van der Waals surface area (Å²) >= 11 is 0. The number of ketones is 5. The molecule has 0 radical (unpaired) electrons. The molecule has 118 heavy (non-hydrogen) atoms. The Morgan fingerprint density at radius 2 is 0.644 bits per heavy atom. The minimum Gasteiger partial charge on any atom is -0.394 e. The van der Waals surface area contributed by atoms with E-state index in [1.807, 2.05) is 0 Å². The summed E-state index contributed by atoms with van der Waals surface area (Å²) in [7, 11) is 0. The number of ether oxygens (including phenoxy) is 15. The second kappa shape index (κ2) is 63.5. The van der Waals surface area contributed by atoms with Gasteiger partial charge in [-0.3, -0.25) is 52.7 Å². The highest BCUT2D eigenvalue weighted by Gasteiger charge is 2.48. The van der Waals surface area contributed by atoms with Crippen molar-refractivity contribution in [3.05, 3.63) is 10.4 Å². The van der Waals surface area contributed by atoms with Crippen molar-refractivity contribution in [3.63, 3.8) is 0 Å². The molecular weight excluding hydrogens is 1570 g/mol. The van der Waals surface area contributed by atoms with Crippen molar-refractivity contribution in [2.24, 2.45) is 5.11 Å². The zero-order valence-electron chi connectivity index (χ0n) is 67.8. The van der Waals surface area contributed by atoms with Gasteiger partial charge in [-0.2, -0.15) is 0 Å². The Hall–Kier alpha value is -6.48. The Labute approximate surface area is 684 Å². The molecular formula is C74H127N9O35. The lowest BCUT2D eigenvalue weighted by molar-refractivity contribution is -0.196. The molecule has 3 fully saturated rings. The molecule has 3 aliphatic rings. The number of carbonyl (C=O) groups is 11. The molecule has 678 valence electrons. The predicted octanol–water partition coefficient (Wildman–Crippen LogP) is -6.15. The lowest BCUT2D eigenvalue weighted by atomic mass is 9.90. The number of rotatable bonds is 71. The van der Waals surface area contributed by atoms with Crippen LogP contribution in [0.5, 0.6) is 0 Å². The third kappa shape index (κ3) is 46.0. The van der Waals surface area contributed by atoms with Crippen molar-refractivity contribution in [1.29, 1.82) is 0 Å². The van der Waals surface area contributed by atoms with Crippen molar-refractivity contribution >= 4 is 64.4 Å². The molecule has 6 amide bonds. The van der Waals surface area contributed by atoms with Gasteiger partial charge >= 0.3 is 0 Å². The van der Waals surface area contributed by atoms with Gasteiger partial charge < -0.3 is 149 Å². The fourth-order valence-electron chi connectivity index (χ4n) is 12.3. The van der Waals surface area contributed by atoms with Gasteiger partial charge in [0.15, 0.2) is 0 Å². The van der Waals surface area contributed by atoms with Crippen LogP contribution in [0.25, 0.3) is 10.4 Å². The van der Waals surface area contributed by atoms with E-state index in [1.54, 1.807) is 0 Å². The number of amides is 6. The van der Waals surface area contributed by atoms with Gasteiger partial charge in [-0.15, -0.1) is 0 Å². The van der Waals surface area contributed by atoms with Gasteiger partial charge in [0.2, 0.25) is 35.4 Å². The maximum absolute atomic E-state index is 13.9. The van der Waals surface area contributed by atoms with E-state index in [9.17, 15) is 98.7 Å². The van der Waals surface area contributed by atoms with Crippen LogP contribution in [-0.2, 0) is 124 Å². The maximum Gasteiger partial charge on any atom is 0.230 e. The minimum atomic E-state index is -1.61. The standard InChI is InChI=1S/C74H127N9O35/c1-48(87)79-65-56(116-59(42-84)68(98)71(65)101)38-53(92)10-19-106-30-28-104-17-4-6-51(90)8-22-113-45-74(82-64(97)41-63(96)77-15-26-110-34-36-112-37-35-111-27-16-78-83-75,46-114-23-9-52(91)7-5-18-105-29-31-107-20-11-54(93)39-57-66(80-49(2)88)72(102)69(99)60(43-85)117-57)47-115-24-13-62(95)76-14-25-109-33-32-108-21-12-55(94)40-58-67(81-50(3)89)73(103)70(100)61(44-86)118-58/h56-61,65-73,84-86,98-103H,4-47H2,1-3H3,(H,76,95)(H,77,96)(H,79,87)(H,80,88)(H,81,89)(H,82,97). The minimum absolute atomic E-state index is 0.00563. The normalized spacial score (nSPS) is 23.5. The van der Waals surface area contributed by atoms with Gasteiger partial charge in [0.05, 0.1) is 202 Å². The summed E-state index contributed by atoms with van der Waals surface area (Å²) in [6, 6.07) is -3.29. The first kappa shape index (κ1) is 106. The Kier molecular flexibility index (Phi) is 56.9. The van der Waals surface area contributed by atoms with Gasteiger partial charge in [-0.1, -0.05) is 5.11 Å². The van der Waals surface area contributed by atoms with Crippen LogP contribution in [0.15, 0.2) is 5.11 Å². The number of hydrogen-bond donors (Lipinski definition) is 15. The third-order valence-electron chi connectivity index (χ3n) is 18.3. The lowest BCUT2D eigenvalue weighted by Gasteiger charge is -2.42. The molecule has 0 saturated carbocycles. The smallest absolute Gasteiger partial charge is 0.230 e. The molecule has 0 aliphatic carbocycles. The number of aliphatic hydroxyl groups is 9. The molecule has 3 saturated heterocycles.